The number of halogens is 2. The van der Waals surface area contributed by atoms with Crippen LogP contribution in [0.25, 0.3) is 28.1 Å². The van der Waals surface area contributed by atoms with Gasteiger partial charge in [-0.15, -0.1) is 10.2 Å². The lowest BCUT2D eigenvalue weighted by atomic mass is 10.1. The van der Waals surface area contributed by atoms with Crippen LogP contribution in [0.1, 0.15) is 6.92 Å². The van der Waals surface area contributed by atoms with Crippen molar-refractivity contribution >= 4 is 16.7 Å². The van der Waals surface area contributed by atoms with Crippen molar-refractivity contribution in [3.8, 4) is 11.4 Å². The number of nitrogens with zero attached hydrogens (tertiary/aromatic N) is 4. The molecule has 0 saturated heterocycles. The third-order valence-corrected chi connectivity index (χ3v) is 4.01. The molecule has 2 aromatic heterocycles. The Morgan fingerprint density at radius 3 is 2.42 bits per heavy atom. The number of benzene rings is 2. The summed E-state index contributed by atoms with van der Waals surface area (Å²) >= 11 is 0. The Kier molecular flexibility index (Phi) is 3.16. The first-order valence-corrected chi connectivity index (χ1v) is 7.44. The predicted octanol–water partition coefficient (Wildman–Crippen LogP) is 3.01. The number of aryl methyl sites for hydroxylation is 1. The maximum atomic E-state index is 14.2. The van der Waals surface area contributed by atoms with E-state index in [1.807, 2.05) is 0 Å². The summed E-state index contributed by atoms with van der Waals surface area (Å²) in [5.41, 5.74) is 0.0230. The van der Waals surface area contributed by atoms with E-state index in [1.54, 1.807) is 31.2 Å². The summed E-state index contributed by atoms with van der Waals surface area (Å²) in [6, 6.07) is 10.5. The molecule has 0 N–H and O–H groups in total. The fourth-order valence-electron chi connectivity index (χ4n) is 2.92. The molecule has 24 heavy (non-hydrogen) atoms. The molecular weight excluding hydrogens is 314 g/mol. The Morgan fingerprint density at radius 1 is 1.00 bits per heavy atom. The lowest BCUT2D eigenvalue weighted by Crippen LogP contribution is -2.22. The number of hydrogen-bond donors (Lipinski definition) is 0. The first kappa shape index (κ1) is 14.5. The lowest BCUT2D eigenvalue weighted by Gasteiger charge is -2.10. The zero-order valence-corrected chi connectivity index (χ0v) is 12.7. The summed E-state index contributed by atoms with van der Waals surface area (Å²) in [7, 11) is 0. The van der Waals surface area contributed by atoms with Gasteiger partial charge in [-0.1, -0.05) is 18.2 Å². The van der Waals surface area contributed by atoms with E-state index in [9.17, 15) is 13.6 Å². The highest BCUT2D eigenvalue weighted by molar-refractivity contribution is 5.82. The van der Waals surface area contributed by atoms with Crippen LogP contribution in [0.2, 0.25) is 0 Å². The zero-order valence-electron chi connectivity index (χ0n) is 12.7. The number of para-hydroxylation sites is 1. The summed E-state index contributed by atoms with van der Waals surface area (Å²) in [6.07, 6.45) is 0. The molecular formula is C17H12F2N4O. The van der Waals surface area contributed by atoms with Crippen molar-refractivity contribution in [2.45, 2.75) is 13.5 Å². The van der Waals surface area contributed by atoms with Gasteiger partial charge in [-0.2, -0.15) is 0 Å². The fourth-order valence-corrected chi connectivity index (χ4v) is 2.92. The van der Waals surface area contributed by atoms with E-state index < -0.39 is 11.6 Å². The van der Waals surface area contributed by atoms with Crippen LogP contribution in [-0.4, -0.2) is 19.2 Å². The third kappa shape index (κ3) is 1.87. The highest BCUT2D eigenvalue weighted by Crippen LogP contribution is 2.26. The molecule has 0 radical (unpaired) electrons. The fraction of sp³-hybridized carbons (Fsp3) is 0.118. The van der Waals surface area contributed by atoms with Gasteiger partial charge < -0.3 is 0 Å². The molecule has 4 rings (SSSR count). The van der Waals surface area contributed by atoms with Crippen LogP contribution in [-0.2, 0) is 6.54 Å². The molecule has 0 unspecified atom stereocenters. The van der Waals surface area contributed by atoms with Crippen molar-refractivity contribution in [2.24, 2.45) is 0 Å². The van der Waals surface area contributed by atoms with Crippen molar-refractivity contribution in [3.63, 3.8) is 0 Å². The summed E-state index contributed by atoms with van der Waals surface area (Å²) in [5, 5.41) is 8.40. The van der Waals surface area contributed by atoms with Crippen LogP contribution in [0.5, 0.6) is 0 Å². The largest absolute Gasteiger partial charge is 0.277 e. The second-order valence-electron chi connectivity index (χ2n) is 5.32. The van der Waals surface area contributed by atoms with Crippen molar-refractivity contribution in [1.29, 1.82) is 0 Å². The van der Waals surface area contributed by atoms with Gasteiger partial charge in [0.25, 0.3) is 5.56 Å². The highest BCUT2D eigenvalue weighted by Gasteiger charge is 2.21. The van der Waals surface area contributed by atoms with Gasteiger partial charge in [0.05, 0.1) is 16.5 Å². The van der Waals surface area contributed by atoms with E-state index in [-0.39, 0.29) is 22.7 Å². The SMILES string of the molecule is CCn1c(=O)c2ccccc2n2c(-c3c(F)cccc3F)nnc12. The molecule has 0 aliphatic heterocycles. The monoisotopic (exact) mass is 326 g/mol. The zero-order chi connectivity index (χ0) is 16.8. The van der Waals surface area contributed by atoms with Gasteiger partial charge in [-0.05, 0) is 31.2 Å². The average Bonchev–Trinajstić information content (AvgIpc) is 3.00. The Bertz CT molecular complexity index is 1130. The molecule has 0 aliphatic carbocycles. The van der Waals surface area contributed by atoms with Crippen LogP contribution in [0.4, 0.5) is 8.78 Å². The van der Waals surface area contributed by atoms with Gasteiger partial charge in [0, 0.05) is 6.54 Å². The molecule has 2 aromatic carbocycles. The summed E-state index contributed by atoms with van der Waals surface area (Å²) in [6.45, 7) is 2.17. The minimum Gasteiger partial charge on any atom is -0.277 e. The molecule has 0 bridgehead atoms. The van der Waals surface area contributed by atoms with E-state index in [0.717, 1.165) is 12.1 Å². The van der Waals surface area contributed by atoms with Crippen LogP contribution in [0.3, 0.4) is 0 Å². The smallest absolute Gasteiger partial charge is 0.262 e. The van der Waals surface area contributed by atoms with Crippen LogP contribution in [0, 0.1) is 11.6 Å². The topological polar surface area (TPSA) is 52.2 Å². The molecule has 4 aromatic rings. The number of aromatic nitrogens is 4. The average molecular weight is 326 g/mol. The molecule has 7 heteroatoms. The maximum absolute atomic E-state index is 14.2. The van der Waals surface area contributed by atoms with E-state index in [4.69, 9.17) is 0 Å². The molecule has 2 heterocycles. The maximum Gasteiger partial charge on any atom is 0.262 e. The molecule has 5 nitrogen and oxygen atoms in total. The Hall–Kier alpha value is -3.09. The standard InChI is InChI=1S/C17H12F2N4O/c1-2-22-16(24)10-6-3-4-9-13(10)23-15(20-21-17(22)23)14-11(18)7-5-8-12(14)19/h3-9H,2H2,1H3. The lowest BCUT2D eigenvalue weighted by molar-refractivity contribution is 0.587. The molecule has 120 valence electrons. The summed E-state index contributed by atoms with van der Waals surface area (Å²) in [4.78, 5) is 12.6. The van der Waals surface area contributed by atoms with Crippen LogP contribution in [0.15, 0.2) is 47.3 Å². The first-order chi connectivity index (χ1) is 11.6. The Balaban J connectivity index is 2.25. The summed E-state index contributed by atoms with van der Waals surface area (Å²) in [5.74, 6) is -1.19. The quantitative estimate of drug-likeness (QED) is 0.569. The van der Waals surface area contributed by atoms with Crippen molar-refractivity contribution in [2.75, 3.05) is 0 Å². The van der Waals surface area contributed by atoms with Gasteiger partial charge in [0.15, 0.2) is 5.82 Å². The second-order valence-corrected chi connectivity index (χ2v) is 5.32. The van der Waals surface area contributed by atoms with E-state index in [1.165, 1.54) is 15.0 Å². The molecule has 0 atom stereocenters. The molecule has 0 saturated carbocycles. The first-order valence-electron chi connectivity index (χ1n) is 7.44. The number of hydrogen-bond acceptors (Lipinski definition) is 3. The minimum absolute atomic E-state index is 0.0269. The van der Waals surface area contributed by atoms with Crippen LogP contribution >= 0.6 is 0 Å². The molecule has 0 fully saturated rings. The van der Waals surface area contributed by atoms with Gasteiger partial charge in [-0.25, -0.2) is 8.78 Å². The molecule has 0 spiro atoms. The second kappa shape index (κ2) is 5.23. The predicted molar refractivity (Wildman–Crippen MR) is 85.8 cm³/mol. The van der Waals surface area contributed by atoms with Crippen molar-refractivity contribution in [3.05, 3.63) is 64.5 Å². The van der Waals surface area contributed by atoms with Gasteiger partial charge in [0.2, 0.25) is 5.78 Å². The third-order valence-electron chi connectivity index (χ3n) is 4.01. The van der Waals surface area contributed by atoms with Crippen LogP contribution < -0.4 is 5.56 Å². The Morgan fingerprint density at radius 2 is 1.71 bits per heavy atom. The molecule has 0 amide bonds. The summed E-state index contributed by atoms with van der Waals surface area (Å²) < 4.78 is 31.4. The van der Waals surface area contributed by atoms with E-state index in [2.05, 4.69) is 10.2 Å². The Labute approximate surface area is 134 Å². The van der Waals surface area contributed by atoms with E-state index in [0.29, 0.717) is 17.4 Å². The van der Waals surface area contributed by atoms with E-state index >= 15 is 0 Å². The van der Waals surface area contributed by atoms with Gasteiger partial charge in [0.1, 0.15) is 11.6 Å². The highest BCUT2D eigenvalue weighted by atomic mass is 19.1. The minimum atomic E-state index is -0.734. The van der Waals surface area contributed by atoms with Gasteiger partial charge in [-0.3, -0.25) is 13.8 Å². The normalized spacial score (nSPS) is 11.5. The molecule has 0 aliphatic rings. The van der Waals surface area contributed by atoms with Gasteiger partial charge >= 0.3 is 0 Å². The number of rotatable bonds is 2. The van der Waals surface area contributed by atoms with Crippen molar-refractivity contribution in [1.82, 2.24) is 19.2 Å². The number of fused-ring (bicyclic) bond motifs is 3. The van der Waals surface area contributed by atoms with Crippen molar-refractivity contribution < 1.29 is 8.78 Å².